The molecule has 2 aromatic carbocycles. The number of nitro benzene ring substituents is 1. The van der Waals surface area contributed by atoms with Crippen LogP contribution in [0.25, 0.3) is 0 Å². The molecule has 0 bridgehead atoms. The summed E-state index contributed by atoms with van der Waals surface area (Å²) in [5.74, 6) is -0.177. The summed E-state index contributed by atoms with van der Waals surface area (Å²) in [5, 5.41) is 13.2. The molecule has 37 heavy (non-hydrogen) atoms. The highest BCUT2D eigenvalue weighted by molar-refractivity contribution is 7.10. The van der Waals surface area contributed by atoms with Crippen molar-refractivity contribution < 1.29 is 14.5 Å². The molecule has 0 aliphatic carbocycles. The summed E-state index contributed by atoms with van der Waals surface area (Å²) in [6.45, 7) is 6.60. The Morgan fingerprint density at radius 2 is 1.70 bits per heavy atom. The van der Waals surface area contributed by atoms with E-state index < -0.39 is 4.92 Å². The van der Waals surface area contributed by atoms with Crippen molar-refractivity contribution in [1.29, 1.82) is 0 Å². The quantitative estimate of drug-likeness (QED) is 0.372. The molecule has 0 unspecified atom stereocenters. The molecule has 9 heteroatoms. The Morgan fingerprint density at radius 1 is 0.973 bits per heavy atom. The molecule has 5 rings (SSSR count). The van der Waals surface area contributed by atoms with E-state index in [1.807, 2.05) is 17.9 Å². The van der Waals surface area contributed by atoms with Gasteiger partial charge >= 0.3 is 0 Å². The van der Waals surface area contributed by atoms with Gasteiger partial charge in [0.1, 0.15) is 0 Å². The Hall–Kier alpha value is -3.56. The van der Waals surface area contributed by atoms with Crippen molar-refractivity contribution in [2.45, 2.75) is 32.4 Å². The van der Waals surface area contributed by atoms with Crippen LogP contribution >= 0.6 is 11.3 Å². The molecular formula is C28H30N4O4S. The number of nitro groups is 1. The molecule has 2 amide bonds. The largest absolute Gasteiger partial charge is 0.338 e. The molecular weight excluding hydrogens is 488 g/mol. The first kappa shape index (κ1) is 25.1. The predicted octanol–water partition coefficient (Wildman–Crippen LogP) is 4.29. The molecule has 2 aliphatic heterocycles. The van der Waals surface area contributed by atoms with Crippen LogP contribution in [-0.2, 0) is 11.2 Å². The Kier molecular flexibility index (Phi) is 7.08. The Labute approximate surface area is 220 Å². The van der Waals surface area contributed by atoms with Gasteiger partial charge in [-0.3, -0.25) is 24.6 Å². The molecule has 1 saturated heterocycles. The van der Waals surface area contributed by atoms with E-state index >= 15 is 0 Å². The molecule has 1 fully saturated rings. The lowest BCUT2D eigenvalue weighted by molar-refractivity contribution is -0.384. The molecule has 2 atom stereocenters. The molecule has 1 aromatic heterocycles. The average Bonchev–Trinajstić information content (AvgIpc) is 3.41. The van der Waals surface area contributed by atoms with E-state index in [0.29, 0.717) is 31.7 Å². The van der Waals surface area contributed by atoms with E-state index in [-0.39, 0.29) is 29.6 Å². The fraction of sp³-hybridized carbons (Fsp3) is 0.357. The maximum absolute atomic E-state index is 13.7. The standard InChI is InChI=1S/C28H30N4O4S/c1-19-6-3-4-9-23(19)26-24-11-17-37-25(24)10-12-31(26)20(2)27(33)29-13-15-30(16-14-29)28(34)21-7-5-8-22(18-21)32(35)36/h3-9,11,17-18,20,26H,10,12-16H2,1-2H3/t20-,26-/m1/s1. The molecule has 0 saturated carbocycles. The molecule has 0 radical (unpaired) electrons. The van der Waals surface area contributed by atoms with Crippen LogP contribution in [-0.4, -0.2) is 70.2 Å². The van der Waals surface area contributed by atoms with Crippen LogP contribution in [0.5, 0.6) is 0 Å². The highest BCUT2D eigenvalue weighted by atomic mass is 32.1. The second-order valence-electron chi connectivity index (χ2n) is 9.65. The summed E-state index contributed by atoms with van der Waals surface area (Å²) in [6, 6.07) is 16.1. The number of piperazine rings is 1. The number of carbonyl (C=O) groups is 2. The van der Waals surface area contributed by atoms with Gasteiger partial charge in [-0.15, -0.1) is 11.3 Å². The average molecular weight is 519 g/mol. The first-order valence-electron chi connectivity index (χ1n) is 12.5. The zero-order valence-corrected chi connectivity index (χ0v) is 21.8. The number of aryl methyl sites for hydroxylation is 1. The summed E-state index contributed by atoms with van der Waals surface area (Å²) in [5.41, 5.74) is 3.92. The zero-order valence-electron chi connectivity index (χ0n) is 21.0. The van der Waals surface area contributed by atoms with Crippen LogP contribution in [0.2, 0.25) is 0 Å². The SMILES string of the molecule is Cc1ccccc1[C@@H]1c2ccsc2CCN1[C@H](C)C(=O)N1CCN(C(=O)c2cccc([N+](=O)[O-])c2)CC1. The number of thiophene rings is 1. The van der Waals surface area contributed by atoms with E-state index in [9.17, 15) is 19.7 Å². The fourth-order valence-electron chi connectivity index (χ4n) is 5.46. The Bertz CT molecular complexity index is 1330. The number of carbonyl (C=O) groups excluding carboxylic acids is 2. The first-order chi connectivity index (χ1) is 17.8. The van der Waals surface area contributed by atoms with Gasteiger partial charge < -0.3 is 9.80 Å². The fourth-order valence-corrected chi connectivity index (χ4v) is 6.37. The van der Waals surface area contributed by atoms with Crippen molar-refractivity contribution in [3.8, 4) is 0 Å². The molecule has 0 N–H and O–H groups in total. The number of hydrogen-bond donors (Lipinski definition) is 0. The second kappa shape index (κ2) is 10.4. The highest BCUT2D eigenvalue weighted by Crippen LogP contribution is 2.40. The van der Waals surface area contributed by atoms with E-state index in [1.54, 1.807) is 22.3 Å². The normalized spacial score (nSPS) is 18.8. The minimum Gasteiger partial charge on any atom is -0.338 e. The minimum absolute atomic E-state index is 0.0342. The summed E-state index contributed by atoms with van der Waals surface area (Å²) < 4.78 is 0. The summed E-state index contributed by atoms with van der Waals surface area (Å²) in [7, 11) is 0. The van der Waals surface area contributed by atoms with Gasteiger partial charge in [0.15, 0.2) is 0 Å². The molecule has 2 aliphatic rings. The monoisotopic (exact) mass is 518 g/mol. The van der Waals surface area contributed by atoms with Crippen LogP contribution < -0.4 is 0 Å². The van der Waals surface area contributed by atoms with Crippen molar-refractivity contribution in [3.63, 3.8) is 0 Å². The number of hydrogen-bond acceptors (Lipinski definition) is 6. The maximum atomic E-state index is 13.7. The third-order valence-corrected chi connectivity index (χ3v) is 8.52. The van der Waals surface area contributed by atoms with Crippen LogP contribution in [0.4, 0.5) is 5.69 Å². The van der Waals surface area contributed by atoms with Gasteiger partial charge in [-0.1, -0.05) is 30.3 Å². The van der Waals surface area contributed by atoms with E-state index in [2.05, 4.69) is 41.5 Å². The van der Waals surface area contributed by atoms with E-state index in [4.69, 9.17) is 0 Å². The van der Waals surface area contributed by atoms with Gasteiger partial charge in [-0.05, 0) is 54.5 Å². The third-order valence-electron chi connectivity index (χ3n) is 7.52. The summed E-state index contributed by atoms with van der Waals surface area (Å²) in [4.78, 5) is 44.4. The van der Waals surface area contributed by atoms with Gasteiger partial charge in [0, 0.05) is 55.3 Å². The Balaban J connectivity index is 1.29. The number of rotatable bonds is 5. The molecule has 3 heterocycles. The third kappa shape index (κ3) is 4.89. The number of non-ortho nitro benzene ring substituents is 1. The van der Waals surface area contributed by atoms with Crippen LogP contribution in [0, 0.1) is 17.0 Å². The van der Waals surface area contributed by atoms with E-state index in [1.165, 1.54) is 39.8 Å². The predicted molar refractivity (Wildman–Crippen MR) is 143 cm³/mol. The lowest BCUT2D eigenvalue weighted by Crippen LogP contribution is -2.56. The maximum Gasteiger partial charge on any atom is 0.270 e. The molecule has 3 aromatic rings. The Morgan fingerprint density at radius 3 is 2.43 bits per heavy atom. The van der Waals surface area contributed by atoms with Crippen LogP contribution in [0.1, 0.15) is 44.9 Å². The van der Waals surface area contributed by atoms with Gasteiger partial charge in [-0.2, -0.15) is 0 Å². The van der Waals surface area contributed by atoms with Gasteiger partial charge in [-0.25, -0.2) is 0 Å². The number of amides is 2. The molecule has 0 spiro atoms. The van der Waals surface area contributed by atoms with Crippen molar-refractivity contribution in [2.24, 2.45) is 0 Å². The second-order valence-corrected chi connectivity index (χ2v) is 10.6. The van der Waals surface area contributed by atoms with Crippen molar-refractivity contribution in [2.75, 3.05) is 32.7 Å². The van der Waals surface area contributed by atoms with Gasteiger partial charge in [0.25, 0.3) is 11.6 Å². The van der Waals surface area contributed by atoms with Crippen molar-refractivity contribution in [3.05, 3.63) is 97.2 Å². The van der Waals surface area contributed by atoms with E-state index in [0.717, 1.165) is 13.0 Å². The smallest absolute Gasteiger partial charge is 0.270 e. The minimum atomic E-state index is -0.501. The molecule has 192 valence electrons. The first-order valence-corrected chi connectivity index (χ1v) is 13.4. The highest BCUT2D eigenvalue weighted by Gasteiger charge is 2.38. The van der Waals surface area contributed by atoms with Crippen molar-refractivity contribution in [1.82, 2.24) is 14.7 Å². The molecule has 8 nitrogen and oxygen atoms in total. The number of fused-ring (bicyclic) bond motifs is 1. The van der Waals surface area contributed by atoms with Crippen LogP contribution in [0.3, 0.4) is 0 Å². The number of nitrogens with zero attached hydrogens (tertiary/aromatic N) is 4. The zero-order chi connectivity index (χ0) is 26.1. The van der Waals surface area contributed by atoms with Gasteiger partial charge in [0.2, 0.25) is 5.91 Å². The van der Waals surface area contributed by atoms with Crippen molar-refractivity contribution >= 4 is 28.8 Å². The summed E-state index contributed by atoms with van der Waals surface area (Å²) in [6.07, 6.45) is 0.929. The topological polar surface area (TPSA) is 87.0 Å². The number of benzene rings is 2. The van der Waals surface area contributed by atoms with Crippen LogP contribution in [0.15, 0.2) is 60.0 Å². The lowest BCUT2D eigenvalue weighted by atomic mass is 9.89. The lowest BCUT2D eigenvalue weighted by Gasteiger charge is -2.43. The van der Waals surface area contributed by atoms with Gasteiger partial charge in [0.05, 0.1) is 17.0 Å². The summed E-state index contributed by atoms with van der Waals surface area (Å²) >= 11 is 1.79.